The van der Waals surface area contributed by atoms with E-state index in [0.717, 1.165) is 28.6 Å². The number of benzene rings is 2. The fourth-order valence-corrected chi connectivity index (χ4v) is 4.15. The summed E-state index contributed by atoms with van der Waals surface area (Å²) < 4.78 is 54.1. The van der Waals surface area contributed by atoms with Gasteiger partial charge in [0.1, 0.15) is 0 Å². The minimum atomic E-state index is -3.34. The molecule has 2 N–H and O–H groups in total. The van der Waals surface area contributed by atoms with Gasteiger partial charge in [0.05, 0.1) is 29.4 Å². The molecule has 0 spiro atoms. The maximum atomic E-state index is 12.2. The van der Waals surface area contributed by atoms with Gasteiger partial charge in [-0.3, -0.25) is 9.48 Å². The second-order valence-electron chi connectivity index (χ2n) is 8.01. The molecule has 0 unspecified atom stereocenters. The van der Waals surface area contributed by atoms with Crippen LogP contribution in [0.25, 0.3) is 16.8 Å². The van der Waals surface area contributed by atoms with Gasteiger partial charge < -0.3 is 10.5 Å². The molecule has 3 aromatic rings. The highest BCUT2D eigenvalue weighted by atomic mass is 32.2. The molecular weight excluding hydrogens is 488 g/mol. The topological polar surface area (TPSA) is 104 Å². The lowest BCUT2D eigenvalue weighted by Crippen LogP contribution is -2.11. The molecule has 0 aliphatic carbocycles. The number of aromatic nitrogens is 2. The molecule has 7 nitrogen and oxygen atoms in total. The van der Waals surface area contributed by atoms with Crippen molar-refractivity contribution < 1.29 is 26.7 Å². The number of carbonyl (C=O) groups is 1. The number of amides is 1. The number of halogens is 2. The molecule has 1 heterocycles. The summed E-state index contributed by atoms with van der Waals surface area (Å²) in [7, 11) is -3.34. The largest absolute Gasteiger partial charge is 0.366 e. The number of primary amides is 1. The van der Waals surface area contributed by atoms with Crippen LogP contribution in [0, 0.1) is 0 Å². The molecule has 0 aliphatic heterocycles. The molecule has 0 atom stereocenters. The first kappa shape index (κ1) is 27.0. The second kappa shape index (κ2) is 11.9. The lowest BCUT2D eigenvalue weighted by molar-refractivity contribution is -0.119. The molecule has 10 heteroatoms. The Bertz CT molecular complexity index is 1360. The van der Waals surface area contributed by atoms with Crippen molar-refractivity contribution in [2.45, 2.75) is 31.4 Å². The lowest BCUT2D eigenvalue weighted by atomic mass is 10.1. The molecule has 3 rings (SSSR count). The zero-order chi connectivity index (χ0) is 26.3. The summed E-state index contributed by atoms with van der Waals surface area (Å²) in [6, 6.07) is 15.3. The number of rotatable bonds is 11. The monoisotopic (exact) mass is 515 g/mol. The molecule has 1 amide bonds. The molecule has 36 heavy (non-hydrogen) atoms. The third-order valence-electron chi connectivity index (χ3n) is 5.43. The molecule has 2 aromatic carbocycles. The number of ether oxygens (including phenoxy) is 1. The van der Waals surface area contributed by atoms with Crippen LogP contribution in [-0.2, 0) is 21.1 Å². The Kier molecular flexibility index (Phi) is 8.89. The van der Waals surface area contributed by atoms with Crippen LogP contribution in [0.2, 0.25) is 0 Å². The van der Waals surface area contributed by atoms with E-state index < -0.39 is 22.4 Å². The van der Waals surface area contributed by atoms with Gasteiger partial charge in [-0.2, -0.15) is 13.9 Å². The summed E-state index contributed by atoms with van der Waals surface area (Å²) in [5, 5.41) is 4.76. The van der Waals surface area contributed by atoms with Gasteiger partial charge in [-0.15, -0.1) is 0 Å². The van der Waals surface area contributed by atoms with Crippen molar-refractivity contribution in [1.29, 1.82) is 0 Å². The van der Waals surface area contributed by atoms with E-state index in [9.17, 15) is 22.0 Å². The Morgan fingerprint density at radius 1 is 1.11 bits per heavy atom. The Morgan fingerprint density at radius 3 is 2.33 bits per heavy atom. The SMILES string of the molecule is C/C=C(\C/C=C\COC(F)F)c1cc(-c2ccc(S(C)(=O)=O)cc2)n(Cc2ccc(C(N)=O)cc2)n1. The predicted octanol–water partition coefficient (Wildman–Crippen LogP) is 4.69. The number of allylic oxidation sites excluding steroid dienone is 3. The van der Waals surface area contributed by atoms with Crippen LogP contribution >= 0.6 is 0 Å². The molecule has 0 bridgehead atoms. The van der Waals surface area contributed by atoms with E-state index in [1.54, 1.807) is 59.3 Å². The molecule has 190 valence electrons. The van der Waals surface area contributed by atoms with Crippen LogP contribution < -0.4 is 5.73 Å². The fraction of sp³-hybridized carbons (Fsp3) is 0.231. The summed E-state index contributed by atoms with van der Waals surface area (Å²) in [6.45, 7) is -0.763. The molecule has 0 saturated carbocycles. The number of carbonyl (C=O) groups excluding carboxylic acids is 1. The van der Waals surface area contributed by atoms with Crippen LogP contribution in [0.3, 0.4) is 0 Å². The van der Waals surface area contributed by atoms with Crippen LogP contribution in [0.15, 0.2) is 77.7 Å². The van der Waals surface area contributed by atoms with E-state index in [4.69, 9.17) is 10.8 Å². The van der Waals surface area contributed by atoms with Crippen LogP contribution in [-0.4, -0.2) is 43.6 Å². The van der Waals surface area contributed by atoms with Crippen molar-refractivity contribution in [2.75, 3.05) is 12.9 Å². The summed E-state index contributed by atoms with van der Waals surface area (Å²) in [5.74, 6) is -0.515. The maximum Gasteiger partial charge on any atom is 0.345 e. The standard InChI is InChI=1S/C26H27F2N3O4S/c1-3-19(6-4-5-15-35-26(27)28)23-16-24(20-11-13-22(14-12-20)36(2,33)34)31(30-23)17-18-7-9-21(10-8-18)25(29)32/h3-5,7-14,16,26H,6,15,17H2,1-2H3,(H2,29,32)/b5-4-,19-3+. The van der Waals surface area contributed by atoms with Crippen molar-refractivity contribution in [3.63, 3.8) is 0 Å². The first-order chi connectivity index (χ1) is 17.1. The van der Waals surface area contributed by atoms with Crippen molar-refractivity contribution >= 4 is 21.3 Å². The molecule has 1 aromatic heterocycles. The summed E-state index contributed by atoms with van der Waals surface area (Å²) in [5.41, 5.74) is 9.70. The number of nitrogens with two attached hydrogens (primary N) is 1. The van der Waals surface area contributed by atoms with E-state index in [1.807, 2.05) is 19.1 Å². The van der Waals surface area contributed by atoms with Crippen LogP contribution in [0.4, 0.5) is 8.78 Å². The third kappa shape index (κ3) is 7.19. The zero-order valence-corrected chi connectivity index (χ0v) is 20.7. The van der Waals surface area contributed by atoms with Crippen molar-refractivity contribution in [3.05, 3.63) is 89.6 Å². The lowest BCUT2D eigenvalue weighted by Gasteiger charge is -2.09. The van der Waals surface area contributed by atoms with E-state index in [2.05, 4.69) is 4.74 Å². The second-order valence-corrected chi connectivity index (χ2v) is 10.0. The van der Waals surface area contributed by atoms with Crippen LogP contribution in [0.5, 0.6) is 0 Å². The molecular formula is C26H27F2N3O4S. The molecule has 0 radical (unpaired) electrons. The van der Waals surface area contributed by atoms with E-state index in [0.29, 0.717) is 24.2 Å². The highest BCUT2D eigenvalue weighted by Gasteiger charge is 2.15. The van der Waals surface area contributed by atoms with Gasteiger partial charge >= 0.3 is 6.61 Å². The molecule has 0 saturated heterocycles. The van der Waals surface area contributed by atoms with E-state index >= 15 is 0 Å². The Hall–Kier alpha value is -3.63. The number of nitrogens with zero attached hydrogens (tertiary/aromatic N) is 2. The van der Waals surface area contributed by atoms with Gasteiger partial charge in [0.15, 0.2) is 9.84 Å². The van der Waals surface area contributed by atoms with Gasteiger partial charge in [0, 0.05) is 11.8 Å². The minimum absolute atomic E-state index is 0.192. The smallest absolute Gasteiger partial charge is 0.345 e. The van der Waals surface area contributed by atoms with Gasteiger partial charge in [0.25, 0.3) is 0 Å². The Morgan fingerprint density at radius 2 is 1.78 bits per heavy atom. The van der Waals surface area contributed by atoms with Gasteiger partial charge in [-0.05, 0) is 60.4 Å². The molecule has 0 aliphatic rings. The Balaban J connectivity index is 1.94. The summed E-state index contributed by atoms with van der Waals surface area (Å²) >= 11 is 0. The van der Waals surface area contributed by atoms with Gasteiger partial charge in [0.2, 0.25) is 5.91 Å². The third-order valence-corrected chi connectivity index (χ3v) is 6.56. The average molecular weight is 516 g/mol. The van der Waals surface area contributed by atoms with Crippen LogP contribution in [0.1, 0.15) is 35.0 Å². The maximum absolute atomic E-state index is 12.2. The minimum Gasteiger partial charge on any atom is -0.366 e. The Labute approximate surface area is 208 Å². The number of hydrogen-bond acceptors (Lipinski definition) is 5. The van der Waals surface area contributed by atoms with Gasteiger partial charge in [-0.25, -0.2) is 8.42 Å². The quantitative estimate of drug-likeness (QED) is 0.373. The number of alkyl halides is 2. The van der Waals surface area contributed by atoms with Crippen molar-refractivity contribution in [2.24, 2.45) is 5.73 Å². The molecule has 0 fully saturated rings. The van der Waals surface area contributed by atoms with E-state index in [-0.39, 0.29) is 11.5 Å². The van der Waals surface area contributed by atoms with Gasteiger partial charge in [-0.1, -0.05) is 42.5 Å². The van der Waals surface area contributed by atoms with Crippen molar-refractivity contribution in [3.8, 4) is 11.3 Å². The normalized spacial score (nSPS) is 12.5. The highest BCUT2D eigenvalue weighted by Crippen LogP contribution is 2.27. The average Bonchev–Trinajstić information content (AvgIpc) is 3.24. The number of sulfone groups is 1. The summed E-state index contributed by atoms with van der Waals surface area (Å²) in [6.07, 6.45) is 6.76. The first-order valence-corrected chi connectivity index (χ1v) is 12.9. The zero-order valence-electron chi connectivity index (χ0n) is 19.9. The predicted molar refractivity (Wildman–Crippen MR) is 134 cm³/mol. The van der Waals surface area contributed by atoms with E-state index in [1.165, 1.54) is 6.08 Å². The van der Waals surface area contributed by atoms with Crippen molar-refractivity contribution in [1.82, 2.24) is 9.78 Å². The first-order valence-electron chi connectivity index (χ1n) is 11.1. The number of hydrogen-bond donors (Lipinski definition) is 1. The fourth-order valence-electron chi connectivity index (χ4n) is 3.52. The summed E-state index contributed by atoms with van der Waals surface area (Å²) in [4.78, 5) is 11.6. The highest BCUT2D eigenvalue weighted by molar-refractivity contribution is 7.90.